The third kappa shape index (κ3) is 3.82. The predicted molar refractivity (Wildman–Crippen MR) is 125 cm³/mol. The maximum Gasteiger partial charge on any atom is 0.310 e. The number of hydrogen-bond acceptors (Lipinski definition) is 4. The fourth-order valence-electron chi connectivity index (χ4n) is 6.83. The number of rotatable bonds is 3. The third-order valence-electron chi connectivity index (χ3n) is 8.71. The van der Waals surface area contributed by atoms with Crippen molar-refractivity contribution in [2.75, 3.05) is 37.6 Å². The van der Waals surface area contributed by atoms with Gasteiger partial charge < -0.3 is 9.64 Å². The van der Waals surface area contributed by atoms with Crippen LogP contribution in [-0.4, -0.2) is 49.7 Å². The highest BCUT2D eigenvalue weighted by atomic mass is 16.6. The number of piperazine rings is 1. The Hall–Kier alpha value is -1.81. The van der Waals surface area contributed by atoms with E-state index < -0.39 is 0 Å². The number of aryl methyl sites for hydroxylation is 2. The quantitative estimate of drug-likeness (QED) is 0.513. The van der Waals surface area contributed by atoms with Crippen LogP contribution in [0.2, 0.25) is 0 Å². The molecular formula is C27H38N2O2. The summed E-state index contributed by atoms with van der Waals surface area (Å²) in [5.74, 6) is 0.483. The zero-order chi connectivity index (χ0) is 21.8. The van der Waals surface area contributed by atoms with E-state index in [0.29, 0.717) is 5.92 Å². The molecular weight excluding hydrogens is 384 g/mol. The second kappa shape index (κ2) is 7.95. The first-order valence-electron chi connectivity index (χ1n) is 12.3. The molecule has 0 spiro atoms. The first-order valence-corrected chi connectivity index (χ1v) is 12.3. The van der Waals surface area contributed by atoms with E-state index in [2.05, 4.69) is 55.7 Å². The van der Waals surface area contributed by atoms with E-state index >= 15 is 0 Å². The van der Waals surface area contributed by atoms with Crippen LogP contribution in [0.4, 0.5) is 5.69 Å². The van der Waals surface area contributed by atoms with E-state index in [1.165, 1.54) is 36.1 Å². The van der Waals surface area contributed by atoms with Gasteiger partial charge in [-0.1, -0.05) is 30.2 Å². The summed E-state index contributed by atoms with van der Waals surface area (Å²) in [4.78, 5) is 17.9. The maximum atomic E-state index is 12.9. The minimum atomic E-state index is 0.0454. The molecule has 4 aliphatic rings. The average Bonchev–Trinajstić information content (AvgIpc) is 3.02. The predicted octanol–water partition coefficient (Wildman–Crippen LogP) is 4.88. The Balaban J connectivity index is 1.25. The summed E-state index contributed by atoms with van der Waals surface area (Å²) in [6, 6.07) is 6.73. The molecule has 4 atom stereocenters. The second-order valence-corrected chi connectivity index (χ2v) is 10.9. The fraction of sp³-hybridized carbons (Fsp3) is 0.667. The van der Waals surface area contributed by atoms with Gasteiger partial charge >= 0.3 is 5.97 Å². The van der Waals surface area contributed by atoms with Crippen LogP contribution < -0.4 is 4.90 Å². The van der Waals surface area contributed by atoms with Gasteiger partial charge in [0.15, 0.2) is 0 Å². The van der Waals surface area contributed by atoms with Gasteiger partial charge in [-0.05, 0) is 75.5 Å². The molecule has 31 heavy (non-hydrogen) atoms. The van der Waals surface area contributed by atoms with Gasteiger partial charge in [0.05, 0.1) is 5.92 Å². The highest BCUT2D eigenvalue weighted by Gasteiger charge is 2.53. The third-order valence-corrected chi connectivity index (χ3v) is 8.71. The molecule has 168 valence electrons. The van der Waals surface area contributed by atoms with Crippen LogP contribution in [0.1, 0.15) is 57.1 Å². The number of fused-ring (bicyclic) bond motifs is 2. The molecule has 1 aromatic carbocycles. The standard InChI is InChI=1S/C27H38N2O2/c1-18-7-8-20(3)24(14-18)29-12-10-28(11-13-29)17-22-21-15-23-19(2)6-5-9-27(23,4)16-25(21)31-26(22)30/h7-8,14,21-22,25H,5-6,9-13,15-17H2,1-4H3/t21-,22?,25-,27-/m1/s1. The Labute approximate surface area is 187 Å². The molecule has 1 saturated carbocycles. The number of carbonyl (C=O) groups is 1. The summed E-state index contributed by atoms with van der Waals surface area (Å²) in [6.07, 6.45) is 6.02. The van der Waals surface area contributed by atoms with Crippen LogP contribution in [-0.2, 0) is 9.53 Å². The molecule has 3 fully saturated rings. The molecule has 5 rings (SSSR count). The number of hydrogen-bond donors (Lipinski definition) is 0. The Kier molecular flexibility index (Phi) is 5.40. The van der Waals surface area contributed by atoms with Crippen molar-refractivity contribution in [3.05, 3.63) is 40.5 Å². The molecule has 0 aromatic heterocycles. The van der Waals surface area contributed by atoms with Gasteiger partial charge in [0.1, 0.15) is 6.10 Å². The Morgan fingerprint density at radius 1 is 1.13 bits per heavy atom. The van der Waals surface area contributed by atoms with Crippen molar-refractivity contribution in [2.45, 2.75) is 65.9 Å². The van der Waals surface area contributed by atoms with Crippen molar-refractivity contribution in [1.29, 1.82) is 0 Å². The van der Waals surface area contributed by atoms with Gasteiger partial charge in [-0.3, -0.25) is 9.69 Å². The van der Waals surface area contributed by atoms with Crippen LogP contribution in [0.15, 0.2) is 29.3 Å². The molecule has 4 nitrogen and oxygen atoms in total. The van der Waals surface area contributed by atoms with Crippen molar-refractivity contribution in [3.8, 4) is 0 Å². The van der Waals surface area contributed by atoms with Crippen LogP contribution >= 0.6 is 0 Å². The lowest BCUT2D eigenvalue weighted by molar-refractivity contribution is -0.145. The Bertz CT molecular complexity index is 898. The number of nitrogens with zero attached hydrogens (tertiary/aromatic N) is 2. The molecule has 0 bridgehead atoms. The molecule has 0 N–H and O–H groups in total. The van der Waals surface area contributed by atoms with Crippen LogP contribution in [0.3, 0.4) is 0 Å². The highest BCUT2D eigenvalue weighted by molar-refractivity contribution is 5.76. The number of anilines is 1. The van der Waals surface area contributed by atoms with E-state index in [1.807, 2.05) is 0 Å². The van der Waals surface area contributed by atoms with Crippen molar-refractivity contribution in [2.24, 2.45) is 17.3 Å². The van der Waals surface area contributed by atoms with Gasteiger partial charge in [0.25, 0.3) is 0 Å². The fourth-order valence-corrected chi connectivity index (χ4v) is 6.83. The Morgan fingerprint density at radius 3 is 2.68 bits per heavy atom. The summed E-state index contributed by atoms with van der Waals surface area (Å²) < 4.78 is 5.99. The van der Waals surface area contributed by atoms with Gasteiger partial charge in [-0.2, -0.15) is 0 Å². The number of allylic oxidation sites excluding steroid dienone is 2. The minimum absolute atomic E-state index is 0.0454. The van der Waals surface area contributed by atoms with E-state index in [1.54, 1.807) is 11.1 Å². The van der Waals surface area contributed by atoms with Crippen molar-refractivity contribution < 1.29 is 9.53 Å². The normalized spacial score (nSPS) is 33.9. The molecule has 2 aliphatic heterocycles. The minimum Gasteiger partial charge on any atom is -0.462 e. The summed E-state index contributed by atoms with van der Waals surface area (Å²) in [5.41, 5.74) is 7.54. The molecule has 2 heterocycles. The molecule has 2 saturated heterocycles. The molecule has 4 heteroatoms. The molecule has 1 aromatic rings. The number of ether oxygens (including phenoxy) is 1. The lowest BCUT2D eigenvalue weighted by Gasteiger charge is -2.46. The van der Waals surface area contributed by atoms with Gasteiger partial charge in [0, 0.05) is 44.3 Å². The first kappa shape index (κ1) is 21.1. The van der Waals surface area contributed by atoms with Gasteiger partial charge in [-0.25, -0.2) is 0 Å². The topological polar surface area (TPSA) is 32.8 Å². The van der Waals surface area contributed by atoms with E-state index in [-0.39, 0.29) is 23.4 Å². The van der Waals surface area contributed by atoms with E-state index in [9.17, 15) is 4.79 Å². The van der Waals surface area contributed by atoms with Crippen molar-refractivity contribution in [3.63, 3.8) is 0 Å². The van der Waals surface area contributed by atoms with E-state index in [4.69, 9.17) is 4.74 Å². The first-order chi connectivity index (χ1) is 14.8. The lowest BCUT2D eigenvalue weighted by Crippen LogP contribution is -2.49. The van der Waals surface area contributed by atoms with Crippen LogP contribution in [0.25, 0.3) is 0 Å². The molecule has 1 unspecified atom stereocenters. The SMILES string of the molecule is CC1=C2C[C@@H]3C(CN4CCN(c5cc(C)ccc5C)CC4)C(=O)O[C@@H]3C[C@@]2(C)CCC1. The lowest BCUT2D eigenvalue weighted by atomic mass is 9.59. The Morgan fingerprint density at radius 2 is 1.90 bits per heavy atom. The number of esters is 1. The zero-order valence-electron chi connectivity index (χ0n) is 19.7. The van der Waals surface area contributed by atoms with Gasteiger partial charge in [-0.15, -0.1) is 0 Å². The summed E-state index contributed by atoms with van der Waals surface area (Å²) in [6.45, 7) is 14.1. The smallest absolute Gasteiger partial charge is 0.310 e. The highest BCUT2D eigenvalue weighted by Crippen LogP contribution is 2.55. The van der Waals surface area contributed by atoms with Crippen molar-refractivity contribution in [1.82, 2.24) is 4.90 Å². The van der Waals surface area contributed by atoms with Crippen LogP contribution in [0, 0.1) is 31.1 Å². The molecule has 2 aliphatic carbocycles. The summed E-state index contributed by atoms with van der Waals surface area (Å²) in [5, 5.41) is 0. The van der Waals surface area contributed by atoms with Gasteiger partial charge in [0.2, 0.25) is 0 Å². The summed E-state index contributed by atoms with van der Waals surface area (Å²) in [7, 11) is 0. The molecule has 0 radical (unpaired) electrons. The number of carbonyl (C=O) groups excluding carboxylic acids is 1. The second-order valence-electron chi connectivity index (χ2n) is 10.9. The summed E-state index contributed by atoms with van der Waals surface area (Å²) >= 11 is 0. The van der Waals surface area contributed by atoms with Crippen LogP contribution in [0.5, 0.6) is 0 Å². The van der Waals surface area contributed by atoms with Crippen molar-refractivity contribution >= 4 is 11.7 Å². The van der Waals surface area contributed by atoms with E-state index in [0.717, 1.165) is 45.6 Å². The molecule has 0 amide bonds. The average molecular weight is 423 g/mol. The zero-order valence-corrected chi connectivity index (χ0v) is 19.7. The largest absolute Gasteiger partial charge is 0.462 e. The monoisotopic (exact) mass is 422 g/mol. The maximum absolute atomic E-state index is 12.9. The number of benzene rings is 1.